The molecule has 1 aliphatic rings. The Hall–Kier alpha value is -0.530. The van der Waals surface area contributed by atoms with Gasteiger partial charge in [-0.1, -0.05) is 0 Å². The first-order valence-electron chi connectivity index (χ1n) is 3.98. The third-order valence-electron chi connectivity index (χ3n) is 1.62. The van der Waals surface area contributed by atoms with Crippen molar-refractivity contribution in [1.82, 2.24) is 5.32 Å². The molecular formula is C8H15NO. The molecule has 0 spiro atoms. The van der Waals surface area contributed by atoms with Crippen LogP contribution in [-0.2, 0) is 4.79 Å². The molecule has 0 aliphatic heterocycles. The molecule has 1 saturated carbocycles. The molecular weight excluding hydrogens is 126 g/mol. The minimum absolute atomic E-state index is 0.220. The first-order chi connectivity index (χ1) is 4.68. The number of carbonyl (C=O) groups is 1. The van der Waals surface area contributed by atoms with Crippen molar-refractivity contribution in [3.05, 3.63) is 0 Å². The summed E-state index contributed by atoms with van der Waals surface area (Å²) in [6, 6.07) is 0.297. The maximum absolute atomic E-state index is 11.0. The van der Waals surface area contributed by atoms with Gasteiger partial charge in [-0.25, -0.2) is 0 Å². The summed E-state index contributed by atoms with van der Waals surface area (Å²) in [5, 5.41) is 2.88. The van der Waals surface area contributed by atoms with E-state index in [0.29, 0.717) is 12.0 Å². The molecule has 1 aliphatic carbocycles. The van der Waals surface area contributed by atoms with Crippen molar-refractivity contribution >= 4 is 5.91 Å². The Morgan fingerprint density at radius 2 is 2.20 bits per heavy atom. The van der Waals surface area contributed by atoms with Gasteiger partial charge in [0.15, 0.2) is 0 Å². The van der Waals surface area contributed by atoms with Gasteiger partial charge in [-0.15, -0.1) is 0 Å². The van der Waals surface area contributed by atoms with Crippen molar-refractivity contribution in [2.75, 3.05) is 0 Å². The van der Waals surface area contributed by atoms with E-state index in [2.05, 4.69) is 5.32 Å². The zero-order valence-corrected chi connectivity index (χ0v) is 6.68. The fourth-order valence-corrected chi connectivity index (χ4v) is 0.965. The molecule has 2 nitrogen and oxygen atoms in total. The van der Waals surface area contributed by atoms with E-state index in [1.807, 2.05) is 13.8 Å². The first-order valence-corrected chi connectivity index (χ1v) is 3.98. The molecule has 0 bridgehead atoms. The summed E-state index contributed by atoms with van der Waals surface area (Å²) in [5.41, 5.74) is 0. The van der Waals surface area contributed by atoms with Gasteiger partial charge in [0.1, 0.15) is 0 Å². The number of carbonyl (C=O) groups excluding carboxylic acids is 1. The summed E-state index contributed by atoms with van der Waals surface area (Å²) in [7, 11) is 0. The van der Waals surface area contributed by atoms with Crippen LogP contribution in [0, 0.1) is 5.92 Å². The van der Waals surface area contributed by atoms with E-state index in [1.54, 1.807) is 0 Å². The maximum Gasteiger partial charge on any atom is 0.220 e. The molecule has 2 heteroatoms. The minimum atomic E-state index is 0.220. The molecule has 1 rings (SSSR count). The van der Waals surface area contributed by atoms with E-state index >= 15 is 0 Å². The quantitative estimate of drug-likeness (QED) is 0.631. The Morgan fingerprint density at radius 1 is 1.60 bits per heavy atom. The Kier molecular flexibility index (Phi) is 2.30. The minimum Gasteiger partial charge on any atom is -0.354 e. The molecule has 0 aromatic carbocycles. The van der Waals surface area contributed by atoms with Gasteiger partial charge in [-0.2, -0.15) is 0 Å². The highest BCUT2D eigenvalue weighted by atomic mass is 16.1. The molecule has 0 atom stereocenters. The van der Waals surface area contributed by atoms with Crippen molar-refractivity contribution < 1.29 is 4.79 Å². The lowest BCUT2D eigenvalue weighted by atomic mass is 10.2. The van der Waals surface area contributed by atoms with Gasteiger partial charge in [-0.05, 0) is 32.6 Å². The molecule has 0 heterocycles. The summed E-state index contributed by atoms with van der Waals surface area (Å²) in [6.07, 6.45) is 3.26. The van der Waals surface area contributed by atoms with Gasteiger partial charge in [0.05, 0.1) is 0 Å². The number of amides is 1. The number of hydrogen-bond acceptors (Lipinski definition) is 1. The SMILES string of the molecule is CC(C)NC(=O)CC1CC1. The fraction of sp³-hybridized carbons (Fsp3) is 0.875. The van der Waals surface area contributed by atoms with Gasteiger partial charge in [0.2, 0.25) is 5.91 Å². The second-order valence-electron chi connectivity index (χ2n) is 3.37. The van der Waals surface area contributed by atoms with Gasteiger partial charge in [0, 0.05) is 12.5 Å². The number of rotatable bonds is 3. The Labute approximate surface area is 62.0 Å². The predicted molar refractivity (Wildman–Crippen MR) is 40.6 cm³/mol. The van der Waals surface area contributed by atoms with Crippen LogP contribution in [0.25, 0.3) is 0 Å². The lowest BCUT2D eigenvalue weighted by molar-refractivity contribution is -0.121. The van der Waals surface area contributed by atoms with Crippen LogP contribution in [0.4, 0.5) is 0 Å². The van der Waals surface area contributed by atoms with Crippen LogP contribution in [0.3, 0.4) is 0 Å². The van der Waals surface area contributed by atoms with Crippen molar-refractivity contribution in [1.29, 1.82) is 0 Å². The van der Waals surface area contributed by atoms with Crippen molar-refractivity contribution in [2.45, 2.75) is 39.2 Å². The highest BCUT2D eigenvalue weighted by molar-refractivity contribution is 5.76. The number of hydrogen-bond donors (Lipinski definition) is 1. The average Bonchev–Trinajstić information content (AvgIpc) is 2.46. The molecule has 0 aromatic rings. The van der Waals surface area contributed by atoms with E-state index in [0.717, 1.165) is 6.42 Å². The predicted octanol–water partition coefficient (Wildman–Crippen LogP) is 1.31. The first kappa shape index (κ1) is 7.58. The zero-order chi connectivity index (χ0) is 7.56. The van der Waals surface area contributed by atoms with Crippen LogP contribution < -0.4 is 5.32 Å². The van der Waals surface area contributed by atoms with Crippen LogP contribution in [0.15, 0.2) is 0 Å². The van der Waals surface area contributed by atoms with E-state index in [1.165, 1.54) is 12.8 Å². The Bertz CT molecular complexity index is 121. The molecule has 1 amide bonds. The standard InChI is InChI=1S/C8H15NO/c1-6(2)9-8(10)5-7-3-4-7/h6-7H,3-5H2,1-2H3,(H,9,10). The van der Waals surface area contributed by atoms with E-state index < -0.39 is 0 Å². The smallest absolute Gasteiger partial charge is 0.220 e. The largest absolute Gasteiger partial charge is 0.354 e. The molecule has 0 aromatic heterocycles. The summed E-state index contributed by atoms with van der Waals surface area (Å²) >= 11 is 0. The second-order valence-corrected chi connectivity index (χ2v) is 3.37. The molecule has 0 unspecified atom stereocenters. The molecule has 1 fully saturated rings. The van der Waals surface area contributed by atoms with Crippen LogP contribution in [-0.4, -0.2) is 11.9 Å². The molecule has 58 valence electrons. The monoisotopic (exact) mass is 141 g/mol. The third-order valence-corrected chi connectivity index (χ3v) is 1.62. The summed E-state index contributed by atoms with van der Waals surface area (Å²) in [6.45, 7) is 3.98. The Balaban J connectivity index is 2.08. The van der Waals surface area contributed by atoms with Gasteiger partial charge >= 0.3 is 0 Å². The third kappa shape index (κ3) is 2.85. The molecule has 0 radical (unpaired) electrons. The van der Waals surface area contributed by atoms with Crippen LogP contribution in [0.5, 0.6) is 0 Å². The fourth-order valence-electron chi connectivity index (χ4n) is 0.965. The Morgan fingerprint density at radius 3 is 2.60 bits per heavy atom. The highest BCUT2D eigenvalue weighted by Crippen LogP contribution is 2.32. The summed E-state index contributed by atoms with van der Waals surface area (Å²) in [4.78, 5) is 11.0. The van der Waals surface area contributed by atoms with Gasteiger partial charge in [-0.3, -0.25) is 4.79 Å². The van der Waals surface area contributed by atoms with E-state index in [4.69, 9.17) is 0 Å². The molecule has 1 N–H and O–H groups in total. The van der Waals surface area contributed by atoms with Crippen molar-refractivity contribution in [3.63, 3.8) is 0 Å². The summed E-state index contributed by atoms with van der Waals surface area (Å²) in [5.74, 6) is 0.927. The molecule has 0 saturated heterocycles. The van der Waals surface area contributed by atoms with Gasteiger partial charge in [0.25, 0.3) is 0 Å². The van der Waals surface area contributed by atoms with E-state index in [-0.39, 0.29) is 5.91 Å². The van der Waals surface area contributed by atoms with Crippen molar-refractivity contribution in [3.8, 4) is 0 Å². The topological polar surface area (TPSA) is 29.1 Å². The lowest BCUT2D eigenvalue weighted by Crippen LogP contribution is -2.30. The summed E-state index contributed by atoms with van der Waals surface area (Å²) < 4.78 is 0. The molecule has 10 heavy (non-hydrogen) atoms. The second kappa shape index (κ2) is 3.04. The van der Waals surface area contributed by atoms with E-state index in [9.17, 15) is 4.79 Å². The maximum atomic E-state index is 11.0. The number of nitrogens with one attached hydrogen (secondary N) is 1. The lowest BCUT2D eigenvalue weighted by Gasteiger charge is -2.06. The van der Waals surface area contributed by atoms with Crippen LogP contribution in [0.1, 0.15) is 33.1 Å². The van der Waals surface area contributed by atoms with Crippen molar-refractivity contribution in [2.24, 2.45) is 5.92 Å². The normalized spacial score (nSPS) is 17.5. The van der Waals surface area contributed by atoms with Crippen LogP contribution in [0.2, 0.25) is 0 Å². The van der Waals surface area contributed by atoms with Gasteiger partial charge < -0.3 is 5.32 Å². The zero-order valence-electron chi connectivity index (χ0n) is 6.68. The average molecular weight is 141 g/mol. The van der Waals surface area contributed by atoms with Crippen LogP contribution >= 0.6 is 0 Å². The highest BCUT2D eigenvalue weighted by Gasteiger charge is 2.24.